The number of halogens is 2. The van der Waals surface area contributed by atoms with Crippen LogP contribution in [-0.2, 0) is 0 Å². The Kier molecular flexibility index (Phi) is 4.02. The van der Waals surface area contributed by atoms with E-state index in [-0.39, 0.29) is 5.56 Å². The molecule has 0 bridgehead atoms. The van der Waals surface area contributed by atoms with Crippen molar-refractivity contribution in [3.63, 3.8) is 0 Å². The lowest BCUT2D eigenvalue weighted by Gasteiger charge is -2.08. The summed E-state index contributed by atoms with van der Waals surface area (Å²) in [5.74, 6) is -2.86. The van der Waals surface area contributed by atoms with Crippen molar-refractivity contribution in [1.82, 2.24) is 10.9 Å². The molecule has 1 heterocycles. The van der Waals surface area contributed by atoms with Gasteiger partial charge in [-0.25, -0.2) is 8.78 Å². The lowest BCUT2D eigenvalue weighted by atomic mass is 10.2. The molecule has 0 atom stereocenters. The van der Waals surface area contributed by atoms with E-state index in [0.29, 0.717) is 11.5 Å². The van der Waals surface area contributed by atoms with Crippen molar-refractivity contribution in [3.05, 3.63) is 58.5 Å². The second kappa shape index (κ2) is 5.74. The second-order valence-electron chi connectivity index (χ2n) is 4.33. The Morgan fingerprint density at radius 3 is 2.14 bits per heavy atom. The highest BCUT2D eigenvalue weighted by Gasteiger charge is 2.19. The van der Waals surface area contributed by atoms with E-state index in [1.54, 1.807) is 13.8 Å². The summed E-state index contributed by atoms with van der Waals surface area (Å²) in [7, 11) is 0. The first kappa shape index (κ1) is 14.7. The zero-order chi connectivity index (χ0) is 15.6. The van der Waals surface area contributed by atoms with Gasteiger partial charge in [-0.15, -0.1) is 0 Å². The van der Waals surface area contributed by atoms with Crippen LogP contribution in [0.15, 0.2) is 28.7 Å². The molecule has 5 nitrogen and oxygen atoms in total. The number of benzene rings is 1. The molecule has 110 valence electrons. The van der Waals surface area contributed by atoms with Crippen LogP contribution in [0, 0.1) is 25.5 Å². The van der Waals surface area contributed by atoms with E-state index in [2.05, 4.69) is 5.43 Å². The van der Waals surface area contributed by atoms with Gasteiger partial charge in [0.15, 0.2) is 0 Å². The summed E-state index contributed by atoms with van der Waals surface area (Å²) in [6.07, 6.45) is 0. The first-order valence-electron chi connectivity index (χ1n) is 6.02. The summed E-state index contributed by atoms with van der Waals surface area (Å²) in [6.45, 7) is 3.25. The van der Waals surface area contributed by atoms with E-state index in [0.717, 1.165) is 18.2 Å². The van der Waals surface area contributed by atoms with Crippen LogP contribution >= 0.6 is 0 Å². The molecule has 2 aromatic rings. The number of furan rings is 1. The summed E-state index contributed by atoms with van der Waals surface area (Å²) in [4.78, 5) is 23.5. The van der Waals surface area contributed by atoms with Gasteiger partial charge >= 0.3 is 0 Å². The third kappa shape index (κ3) is 3.07. The van der Waals surface area contributed by atoms with Crippen LogP contribution in [0.1, 0.15) is 32.2 Å². The predicted molar refractivity (Wildman–Crippen MR) is 69.5 cm³/mol. The fourth-order valence-electron chi connectivity index (χ4n) is 1.81. The van der Waals surface area contributed by atoms with Crippen LogP contribution < -0.4 is 10.9 Å². The highest BCUT2D eigenvalue weighted by atomic mass is 19.1. The number of hydrogen-bond acceptors (Lipinski definition) is 3. The van der Waals surface area contributed by atoms with Gasteiger partial charge in [0, 0.05) is 0 Å². The molecule has 1 aromatic heterocycles. The van der Waals surface area contributed by atoms with Gasteiger partial charge in [0.1, 0.15) is 28.7 Å². The molecule has 21 heavy (non-hydrogen) atoms. The third-order valence-corrected chi connectivity index (χ3v) is 2.76. The first-order chi connectivity index (χ1) is 9.90. The fraction of sp³-hybridized carbons (Fsp3) is 0.143. The van der Waals surface area contributed by atoms with Gasteiger partial charge in [-0.05, 0) is 32.0 Å². The van der Waals surface area contributed by atoms with Gasteiger partial charge in [-0.1, -0.05) is 6.07 Å². The molecule has 2 amide bonds. The normalized spacial score (nSPS) is 10.3. The number of rotatable bonds is 2. The summed E-state index contributed by atoms with van der Waals surface area (Å²) in [6, 6.07) is 4.52. The van der Waals surface area contributed by atoms with Crippen molar-refractivity contribution < 1.29 is 22.8 Å². The molecule has 1 aromatic carbocycles. The lowest BCUT2D eigenvalue weighted by Crippen LogP contribution is -2.42. The first-order valence-corrected chi connectivity index (χ1v) is 6.02. The van der Waals surface area contributed by atoms with Gasteiger partial charge in [0.05, 0.1) is 5.56 Å². The van der Waals surface area contributed by atoms with Crippen LogP contribution in [0.5, 0.6) is 0 Å². The molecular formula is C14H12F2N2O3. The van der Waals surface area contributed by atoms with E-state index in [9.17, 15) is 18.4 Å². The number of aryl methyl sites for hydroxylation is 2. The SMILES string of the molecule is Cc1cc(C(=O)NNC(=O)c2c(F)cccc2F)c(C)o1. The third-order valence-electron chi connectivity index (χ3n) is 2.76. The van der Waals surface area contributed by atoms with Gasteiger partial charge < -0.3 is 4.42 Å². The van der Waals surface area contributed by atoms with Gasteiger partial charge in [0.2, 0.25) is 0 Å². The van der Waals surface area contributed by atoms with Crippen LogP contribution in [0.3, 0.4) is 0 Å². The highest BCUT2D eigenvalue weighted by Crippen LogP contribution is 2.13. The van der Waals surface area contributed by atoms with Crippen molar-refractivity contribution in [3.8, 4) is 0 Å². The average Bonchev–Trinajstić information content (AvgIpc) is 2.75. The molecule has 0 saturated heterocycles. The molecule has 0 radical (unpaired) electrons. The minimum absolute atomic E-state index is 0.224. The van der Waals surface area contributed by atoms with Crippen LogP contribution in [0.25, 0.3) is 0 Å². The van der Waals surface area contributed by atoms with Gasteiger partial charge in [-0.2, -0.15) is 0 Å². The standard InChI is InChI=1S/C14H12F2N2O3/c1-7-6-9(8(2)21-7)13(19)17-18-14(20)12-10(15)4-3-5-11(12)16/h3-6H,1-2H3,(H,17,19)(H,18,20). The maximum absolute atomic E-state index is 13.4. The van der Waals surface area contributed by atoms with Gasteiger partial charge in [0.25, 0.3) is 11.8 Å². The Hall–Kier alpha value is -2.70. The monoisotopic (exact) mass is 294 g/mol. The van der Waals surface area contributed by atoms with Crippen molar-refractivity contribution in [1.29, 1.82) is 0 Å². The average molecular weight is 294 g/mol. The number of carbonyl (C=O) groups is 2. The quantitative estimate of drug-likeness (QED) is 0.834. The summed E-state index contributed by atoms with van der Waals surface area (Å²) in [5, 5.41) is 0. The molecule has 0 aliphatic heterocycles. The number of nitrogens with one attached hydrogen (secondary N) is 2. The summed E-state index contributed by atoms with van der Waals surface area (Å²) >= 11 is 0. The summed E-state index contributed by atoms with van der Waals surface area (Å²) < 4.78 is 31.9. The molecule has 0 aliphatic carbocycles. The van der Waals surface area contributed by atoms with Crippen molar-refractivity contribution in [2.75, 3.05) is 0 Å². The Morgan fingerprint density at radius 1 is 1.05 bits per heavy atom. The second-order valence-corrected chi connectivity index (χ2v) is 4.33. The maximum Gasteiger partial charge on any atom is 0.275 e. The molecule has 0 spiro atoms. The topological polar surface area (TPSA) is 71.3 Å². The van der Waals surface area contributed by atoms with Crippen LogP contribution in [-0.4, -0.2) is 11.8 Å². The summed E-state index contributed by atoms with van der Waals surface area (Å²) in [5.41, 5.74) is 3.49. The molecule has 0 saturated carbocycles. The molecule has 0 aliphatic rings. The molecule has 7 heteroatoms. The molecular weight excluding hydrogens is 282 g/mol. The Balaban J connectivity index is 2.08. The van der Waals surface area contributed by atoms with Crippen molar-refractivity contribution in [2.24, 2.45) is 0 Å². The van der Waals surface area contributed by atoms with E-state index < -0.39 is 29.0 Å². The molecule has 2 rings (SSSR count). The predicted octanol–water partition coefficient (Wildman–Crippen LogP) is 2.25. The largest absolute Gasteiger partial charge is 0.466 e. The smallest absolute Gasteiger partial charge is 0.275 e. The molecule has 0 fully saturated rings. The minimum atomic E-state index is -1.09. The van der Waals surface area contributed by atoms with E-state index in [1.807, 2.05) is 5.43 Å². The zero-order valence-electron chi connectivity index (χ0n) is 11.3. The van der Waals surface area contributed by atoms with Crippen LogP contribution in [0.4, 0.5) is 8.78 Å². The number of carbonyl (C=O) groups excluding carboxylic acids is 2. The van der Waals surface area contributed by atoms with Gasteiger partial charge in [-0.3, -0.25) is 20.4 Å². The molecule has 2 N–H and O–H groups in total. The number of amides is 2. The highest BCUT2D eigenvalue weighted by molar-refractivity contribution is 5.99. The Labute approximate surface area is 118 Å². The fourth-order valence-corrected chi connectivity index (χ4v) is 1.81. The Morgan fingerprint density at radius 2 is 1.62 bits per heavy atom. The maximum atomic E-state index is 13.4. The zero-order valence-corrected chi connectivity index (χ0v) is 11.3. The number of hydrazine groups is 1. The molecule has 0 unspecified atom stereocenters. The van der Waals surface area contributed by atoms with Crippen LogP contribution in [0.2, 0.25) is 0 Å². The van der Waals surface area contributed by atoms with Crippen molar-refractivity contribution in [2.45, 2.75) is 13.8 Å². The van der Waals surface area contributed by atoms with E-state index in [4.69, 9.17) is 4.42 Å². The Bertz CT molecular complexity index is 690. The van der Waals surface area contributed by atoms with E-state index in [1.165, 1.54) is 6.07 Å². The van der Waals surface area contributed by atoms with Crippen molar-refractivity contribution >= 4 is 11.8 Å². The minimum Gasteiger partial charge on any atom is -0.466 e. The number of hydrogen-bond donors (Lipinski definition) is 2. The lowest BCUT2D eigenvalue weighted by molar-refractivity contribution is 0.0840. The van der Waals surface area contributed by atoms with E-state index >= 15 is 0 Å².